The quantitative estimate of drug-likeness (QED) is 0.659. The van der Waals surface area contributed by atoms with Gasteiger partial charge in [0, 0.05) is 10.6 Å². The van der Waals surface area contributed by atoms with E-state index >= 15 is 0 Å². The zero-order valence-corrected chi connectivity index (χ0v) is 16.4. The number of anilines is 3. The molecule has 2 aromatic heterocycles. The van der Waals surface area contributed by atoms with Gasteiger partial charge in [0.2, 0.25) is 0 Å². The molecule has 0 aliphatic carbocycles. The van der Waals surface area contributed by atoms with Crippen molar-refractivity contribution in [1.29, 1.82) is 0 Å². The molecule has 8 heteroatoms. The van der Waals surface area contributed by atoms with Gasteiger partial charge in [-0.25, -0.2) is 8.42 Å². The van der Waals surface area contributed by atoms with E-state index in [1.54, 1.807) is 18.2 Å². The number of benzene rings is 1. The van der Waals surface area contributed by atoms with E-state index in [-0.39, 0.29) is 10.0 Å². The molecule has 26 heavy (non-hydrogen) atoms. The van der Waals surface area contributed by atoms with Crippen molar-refractivity contribution in [1.82, 2.24) is 10.2 Å². The van der Waals surface area contributed by atoms with Crippen molar-refractivity contribution in [3.63, 3.8) is 0 Å². The molecule has 0 aliphatic heterocycles. The molecule has 3 rings (SSSR count). The van der Waals surface area contributed by atoms with Crippen molar-refractivity contribution in [2.75, 3.05) is 10.0 Å². The largest absolute Gasteiger partial charge is 0.339 e. The molecule has 0 saturated carbocycles. The van der Waals surface area contributed by atoms with Crippen LogP contribution in [0.2, 0.25) is 0 Å². The van der Waals surface area contributed by atoms with Gasteiger partial charge in [-0.2, -0.15) is 0 Å². The maximum Gasteiger partial charge on any atom is 0.272 e. The van der Waals surface area contributed by atoms with Gasteiger partial charge in [-0.15, -0.1) is 21.5 Å². The Morgan fingerprint density at radius 1 is 1.00 bits per heavy atom. The molecular formula is C18H20N4O2S2. The van der Waals surface area contributed by atoms with Crippen molar-refractivity contribution in [3.8, 4) is 0 Å². The molecule has 0 radical (unpaired) electrons. The number of aryl methyl sites for hydroxylation is 3. The fraction of sp³-hybridized carbons (Fsp3) is 0.222. The first-order chi connectivity index (χ1) is 12.4. The van der Waals surface area contributed by atoms with Gasteiger partial charge in [-0.1, -0.05) is 19.1 Å². The summed E-state index contributed by atoms with van der Waals surface area (Å²) in [5, 5.41) is 11.2. The fourth-order valence-electron chi connectivity index (χ4n) is 2.34. The second-order valence-electron chi connectivity index (χ2n) is 5.93. The highest BCUT2D eigenvalue weighted by atomic mass is 32.2. The summed E-state index contributed by atoms with van der Waals surface area (Å²) >= 11 is 1.26. The molecule has 6 nitrogen and oxygen atoms in total. The molecule has 2 N–H and O–H groups in total. The third-order valence-electron chi connectivity index (χ3n) is 3.81. The first-order valence-corrected chi connectivity index (χ1v) is 10.5. The SMILES string of the molecule is CCc1ccc(S(=O)(=O)Nc2ccc(Nc3cc(C)ccc3C)nn2)s1. The van der Waals surface area contributed by atoms with Crippen LogP contribution in [0.5, 0.6) is 0 Å². The van der Waals surface area contributed by atoms with Crippen LogP contribution in [0.15, 0.2) is 46.7 Å². The summed E-state index contributed by atoms with van der Waals surface area (Å²) < 4.78 is 27.5. The van der Waals surface area contributed by atoms with E-state index in [1.807, 2.05) is 45.0 Å². The minimum Gasteiger partial charge on any atom is -0.339 e. The summed E-state index contributed by atoms with van der Waals surface area (Å²) in [6.45, 7) is 6.01. The van der Waals surface area contributed by atoms with Crippen LogP contribution in [-0.2, 0) is 16.4 Å². The van der Waals surface area contributed by atoms with Gasteiger partial charge in [0.1, 0.15) is 4.21 Å². The second kappa shape index (κ2) is 7.43. The lowest BCUT2D eigenvalue weighted by molar-refractivity contribution is 0.603. The molecule has 136 valence electrons. The Labute approximate surface area is 157 Å². The van der Waals surface area contributed by atoms with Crippen molar-refractivity contribution < 1.29 is 8.42 Å². The van der Waals surface area contributed by atoms with Crippen molar-refractivity contribution in [2.45, 2.75) is 31.4 Å². The zero-order valence-electron chi connectivity index (χ0n) is 14.8. The van der Waals surface area contributed by atoms with E-state index in [4.69, 9.17) is 0 Å². The summed E-state index contributed by atoms with van der Waals surface area (Å²) in [5.41, 5.74) is 3.17. The van der Waals surface area contributed by atoms with E-state index in [0.29, 0.717) is 5.82 Å². The van der Waals surface area contributed by atoms with Crippen LogP contribution in [0, 0.1) is 13.8 Å². The monoisotopic (exact) mass is 388 g/mol. The highest BCUT2D eigenvalue weighted by Gasteiger charge is 2.17. The van der Waals surface area contributed by atoms with Gasteiger partial charge in [0.25, 0.3) is 10.0 Å². The summed E-state index contributed by atoms with van der Waals surface area (Å²) in [7, 11) is -3.64. The number of aromatic nitrogens is 2. The lowest BCUT2D eigenvalue weighted by Crippen LogP contribution is -2.13. The molecule has 0 atom stereocenters. The number of rotatable bonds is 6. The van der Waals surface area contributed by atoms with Crippen molar-refractivity contribution in [2.24, 2.45) is 0 Å². The van der Waals surface area contributed by atoms with Crippen LogP contribution >= 0.6 is 11.3 Å². The molecule has 0 aliphatic rings. The topological polar surface area (TPSA) is 84.0 Å². The van der Waals surface area contributed by atoms with E-state index < -0.39 is 10.0 Å². The second-order valence-corrected chi connectivity index (χ2v) is 9.00. The molecule has 1 aromatic carbocycles. The van der Waals surface area contributed by atoms with E-state index in [1.165, 1.54) is 11.3 Å². The lowest BCUT2D eigenvalue weighted by atomic mass is 10.1. The number of thiophene rings is 1. The summed E-state index contributed by atoms with van der Waals surface area (Å²) in [4.78, 5) is 1.02. The van der Waals surface area contributed by atoms with Crippen LogP contribution in [0.3, 0.4) is 0 Å². The maximum absolute atomic E-state index is 12.4. The Hall–Kier alpha value is -2.45. The van der Waals surface area contributed by atoms with Crippen molar-refractivity contribution >= 4 is 38.7 Å². The highest BCUT2D eigenvalue weighted by molar-refractivity contribution is 7.94. The average molecular weight is 389 g/mol. The normalized spacial score (nSPS) is 11.3. The summed E-state index contributed by atoms with van der Waals surface area (Å²) in [6.07, 6.45) is 0.804. The predicted octanol–water partition coefficient (Wildman–Crippen LogP) is 4.26. The molecule has 0 bridgehead atoms. The maximum atomic E-state index is 12.4. The van der Waals surface area contributed by atoms with E-state index in [9.17, 15) is 8.42 Å². The smallest absolute Gasteiger partial charge is 0.272 e. The van der Waals surface area contributed by atoms with E-state index in [0.717, 1.165) is 28.1 Å². The van der Waals surface area contributed by atoms with Gasteiger partial charge in [-0.3, -0.25) is 4.72 Å². The number of nitrogens with one attached hydrogen (secondary N) is 2. The number of sulfonamides is 1. The summed E-state index contributed by atoms with van der Waals surface area (Å²) in [6, 6.07) is 12.8. The number of nitrogens with zero attached hydrogens (tertiary/aromatic N) is 2. The lowest BCUT2D eigenvalue weighted by Gasteiger charge is -2.10. The first-order valence-electron chi connectivity index (χ1n) is 8.17. The Bertz CT molecular complexity index is 1010. The Morgan fingerprint density at radius 3 is 2.38 bits per heavy atom. The number of hydrogen-bond acceptors (Lipinski definition) is 6. The Kier molecular flexibility index (Phi) is 5.24. The van der Waals surface area contributed by atoms with Crippen LogP contribution in [0.25, 0.3) is 0 Å². The van der Waals surface area contributed by atoms with Gasteiger partial charge in [0.05, 0.1) is 0 Å². The minimum absolute atomic E-state index is 0.183. The Morgan fingerprint density at radius 2 is 1.73 bits per heavy atom. The van der Waals surface area contributed by atoms with Gasteiger partial charge < -0.3 is 5.32 Å². The molecule has 0 saturated heterocycles. The minimum atomic E-state index is -3.64. The third kappa shape index (κ3) is 4.20. The standard InChI is InChI=1S/C18H20N4O2S2/c1-4-14-7-10-18(25-14)26(23,24)22-17-9-8-16(20-21-17)19-15-11-12(2)5-6-13(15)3/h5-11H,4H2,1-3H3,(H,19,20)(H,21,22). The molecule has 0 unspecified atom stereocenters. The summed E-state index contributed by atoms with van der Waals surface area (Å²) in [5.74, 6) is 0.731. The van der Waals surface area contributed by atoms with Crippen molar-refractivity contribution in [3.05, 3.63) is 58.5 Å². The first kappa shape index (κ1) is 18.3. The van der Waals surface area contributed by atoms with Gasteiger partial charge in [-0.05, 0) is 61.7 Å². The van der Waals surface area contributed by atoms with Gasteiger partial charge in [0.15, 0.2) is 11.6 Å². The number of hydrogen-bond donors (Lipinski definition) is 2. The third-order valence-corrected chi connectivity index (χ3v) is 6.89. The predicted molar refractivity (Wildman–Crippen MR) is 106 cm³/mol. The molecule has 3 aromatic rings. The fourth-order valence-corrected chi connectivity index (χ4v) is 4.63. The molecule has 2 heterocycles. The molecule has 0 fully saturated rings. The zero-order chi connectivity index (χ0) is 18.7. The van der Waals surface area contributed by atoms with E-state index in [2.05, 4.69) is 20.2 Å². The highest BCUT2D eigenvalue weighted by Crippen LogP contribution is 2.24. The van der Waals surface area contributed by atoms with Crippen LogP contribution in [0.1, 0.15) is 22.9 Å². The Balaban J connectivity index is 1.74. The molecular weight excluding hydrogens is 368 g/mol. The average Bonchev–Trinajstić information content (AvgIpc) is 3.10. The van der Waals surface area contributed by atoms with Crippen LogP contribution < -0.4 is 10.0 Å². The van der Waals surface area contributed by atoms with Gasteiger partial charge >= 0.3 is 0 Å². The molecule has 0 spiro atoms. The van der Waals surface area contributed by atoms with Crippen LogP contribution in [-0.4, -0.2) is 18.6 Å². The van der Waals surface area contributed by atoms with Crippen LogP contribution in [0.4, 0.5) is 17.3 Å². The molecule has 0 amide bonds.